The number of hydrogen-bond donors (Lipinski definition) is 2. The SMILES string of the molecule is CCOC(=O)c1nn(C2C(O)[C@H](c3nc(C)nn3-c3cc(Cl)ccc3C(F)(F)F)OC(C(C)O)[C@@H]2OC)cc1-c1cc(F)c(Cl)c(F)c1. The zero-order valence-corrected chi connectivity index (χ0v) is 27.1. The molecule has 0 radical (unpaired) electrons. The van der Waals surface area contributed by atoms with E-state index in [-0.39, 0.29) is 34.4 Å². The predicted octanol–water partition coefficient (Wildman–Crippen LogP) is 5.66. The smallest absolute Gasteiger partial charge is 0.418 e. The van der Waals surface area contributed by atoms with Gasteiger partial charge in [0.1, 0.15) is 52.9 Å². The minimum absolute atomic E-state index is 0.00526. The number of rotatable bonds is 8. The maximum absolute atomic E-state index is 14.5. The first-order chi connectivity index (χ1) is 22.6. The Balaban J connectivity index is 1.70. The van der Waals surface area contributed by atoms with Crippen molar-refractivity contribution in [2.24, 2.45) is 0 Å². The molecular formula is C30H28Cl2F5N5O6. The number of aromatic nitrogens is 5. The summed E-state index contributed by atoms with van der Waals surface area (Å²) in [5.41, 5.74) is -2.30. The molecule has 18 heteroatoms. The van der Waals surface area contributed by atoms with Crippen LogP contribution in [0.1, 0.15) is 53.7 Å². The van der Waals surface area contributed by atoms with Crippen molar-refractivity contribution in [1.29, 1.82) is 0 Å². The fraction of sp³-hybridized carbons (Fsp3) is 0.400. The molecule has 0 spiro atoms. The molecule has 48 heavy (non-hydrogen) atoms. The van der Waals surface area contributed by atoms with E-state index in [0.29, 0.717) is 0 Å². The van der Waals surface area contributed by atoms with Gasteiger partial charge >= 0.3 is 12.1 Å². The normalized spacial score (nSPS) is 22.1. The monoisotopic (exact) mass is 719 g/mol. The number of methoxy groups -OCH3 is 1. The van der Waals surface area contributed by atoms with Crippen LogP contribution in [0.2, 0.25) is 10.0 Å². The number of ether oxygens (including phenoxy) is 3. The molecule has 0 saturated carbocycles. The molecule has 3 heterocycles. The van der Waals surface area contributed by atoms with Crippen LogP contribution in [0.3, 0.4) is 0 Å². The summed E-state index contributed by atoms with van der Waals surface area (Å²) >= 11 is 11.7. The molecule has 5 rings (SSSR count). The number of carbonyl (C=O) groups excluding carboxylic acids is 1. The number of carbonyl (C=O) groups is 1. The van der Waals surface area contributed by atoms with Crippen molar-refractivity contribution >= 4 is 29.2 Å². The van der Waals surface area contributed by atoms with Crippen LogP contribution in [0.5, 0.6) is 0 Å². The summed E-state index contributed by atoms with van der Waals surface area (Å²) in [6.07, 6.45) is -10.8. The lowest BCUT2D eigenvalue weighted by Gasteiger charge is -2.45. The van der Waals surface area contributed by atoms with Gasteiger partial charge < -0.3 is 24.4 Å². The molecule has 2 aromatic heterocycles. The van der Waals surface area contributed by atoms with Gasteiger partial charge in [0.15, 0.2) is 11.5 Å². The zero-order chi connectivity index (χ0) is 35.2. The van der Waals surface area contributed by atoms with Crippen molar-refractivity contribution in [3.63, 3.8) is 0 Å². The second-order valence-electron chi connectivity index (χ2n) is 10.9. The Morgan fingerprint density at radius 3 is 2.40 bits per heavy atom. The molecule has 1 saturated heterocycles. The Kier molecular flexibility index (Phi) is 10.2. The van der Waals surface area contributed by atoms with E-state index >= 15 is 0 Å². The Bertz CT molecular complexity index is 1810. The molecule has 2 N–H and O–H groups in total. The Morgan fingerprint density at radius 1 is 1.15 bits per heavy atom. The molecule has 6 atom stereocenters. The van der Waals surface area contributed by atoms with Gasteiger partial charge in [-0.1, -0.05) is 23.2 Å². The highest BCUT2D eigenvalue weighted by Crippen LogP contribution is 2.43. The summed E-state index contributed by atoms with van der Waals surface area (Å²) < 4.78 is 90.1. The average Bonchev–Trinajstić information content (AvgIpc) is 3.62. The molecule has 1 aliphatic rings. The second-order valence-corrected chi connectivity index (χ2v) is 11.7. The van der Waals surface area contributed by atoms with Crippen LogP contribution in [-0.4, -0.2) is 78.9 Å². The van der Waals surface area contributed by atoms with E-state index in [4.69, 9.17) is 37.4 Å². The third-order valence-electron chi connectivity index (χ3n) is 7.66. The quantitative estimate of drug-likeness (QED) is 0.135. The topological polar surface area (TPSA) is 134 Å². The van der Waals surface area contributed by atoms with E-state index < -0.39 is 82.3 Å². The summed E-state index contributed by atoms with van der Waals surface area (Å²) in [5.74, 6) is -3.52. The van der Waals surface area contributed by atoms with Crippen molar-refractivity contribution in [1.82, 2.24) is 24.5 Å². The van der Waals surface area contributed by atoms with Crippen LogP contribution in [0.15, 0.2) is 36.5 Å². The molecule has 0 bridgehead atoms. The van der Waals surface area contributed by atoms with Crippen molar-refractivity contribution in [3.8, 4) is 16.8 Å². The standard InChI is InChI=1S/C30H28Cl2F5N5O6/c1-5-47-29(45)22-16(14-8-18(33)21(32)19(34)9-14)11-41(40-22)23-24(44)27(48-25(12(2)43)26(23)46-4)28-38-13(3)39-42(28)20-10-15(31)6-7-17(20)30(35,36)37/h6-12,23-27,43-44H,5H2,1-4H3/t12?,23?,24?,25?,26-,27-/m1/s1. The van der Waals surface area contributed by atoms with Gasteiger partial charge in [-0.25, -0.2) is 23.2 Å². The van der Waals surface area contributed by atoms with Gasteiger partial charge in [-0.15, -0.1) is 0 Å². The first-order valence-electron chi connectivity index (χ1n) is 14.3. The molecule has 1 aliphatic heterocycles. The fourth-order valence-corrected chi connectivity index (χ4v) is 5.88. The van der Waals surface area contributed by atoms with E-state index in [0.717, 1.165) is 39.7 Å². The van der Waals surface area contributed by atoms with Gasteiger partial charge in [-0.05, 0) is 56.7 Å². The number of nitrogens with zero attached hydrogens (tertiary/aromatic N) is 5. The first kappa shape index (κ1) is 35.6. The third kappa shape index (κ3) is 6.64. The highest BCUT2D eigenvalue weighted by atomic mass is 35.5. The molecule has 2 aromatic carbocycles. The van der Waals surface area contributed by atoms with Gasteiger partial charge in [0.25, 0.3) is 0 Å². The van der Waals surface area contributed by atoms with Crippen LogP contribution in [0, 0.1) is 18.6 Å². The Labute approximate surface area is 279 Å². The predicted molar refractivity (Wildman–Crippen MR) is 160 cm³/mol. The Morgan fingerprint density at radius 2 is 1.81 bits per heavy atom. The summed E-state index contributed by atoms with van der Waals surface area (Å²) in [6, 6.07) is 3.24. The van der Waals surface area contributed by atoms with Crippen LogP contribution < -0.4 is 0 Å². The lowest BCUT2D eigenvalue weighted by Crippen LogP contribution is -2.56. The number of aryl methyl sites for hydroxylation is 1. The molecular weight excluding hydrogens is 692 g/mol. The van der Waals surface area contributed by atoms with Gasteiger partial charge in [0, 0.05) is 23.9 Å². The molecule has 11 nitrogen and oxygen atoms in total. The number of benzene rings is 2. The van der Waals surface area contributed by atoms with Gasteiger partial charge in [-0.2, -0.15) is 23.4 Å². The minimum atomic E-state index is -4.84. The number of alkyl halides is 3. The van der Waals surface area contributed by atoms with Crippen molar-refractivity contribution < 1.29 is 51.2 Å². The Hall–Kier alpha value is -3.67. The van der Waals surface area contributed by atoms with Crippen molar-refractivity contribution in [2.45, 2.75) is 63.5 Å². The molecule has 4 aromatic rings. The number of esters is 1. The maximum atomic E-state index is 14.5. The molecule has 1 fully saturated rings. The average molecular weight is 720 g/mol. The molecule has 0 aliphatic carbocycles. The zero-order valence-electron chi connectivity index (χ0n) is 25.5. The van der Waals surface area contributed by atoms with Gasteiger partial charge in [-0.3, -0.25) is 4.68 Å². The third-order valence-corrected chi connectivity index (χ3v) is 8.25. The van der Waals surface area contributed by atoms with E-state index in [1.165, 1.54) is 34.1 Å². The van der Waals surface area contributed by atoms with Crippen LogP contribution in [0.4, 0.5) is 22.0 Å². The van der Waals surface area contributed by atoms with Crippen molar-refractivity contribution in [3.05, 3.63) is 81.1 Å². The van der Waals surface area contributed by atoms with Crippen LogP contribution in [-0.2, 0) is 20.4 Å². The first-order valence-corrected chi connectivity index (χ1v) is 15.1. The lowest BCUT2D eigenvalue weighted by molar-refractivity contribution is -0.230. The maximum Gasteiger partial charge on any atom is 0.418 e. The van der Waals surface area contributed by atoms with Gasteiger partial charge in [0.05, 0.1) is 24.0 Å². The number of aliphatic hydroxyl groups is 2. The van der Waals surface area contributed by atoms with E-state index in [1.807, 2.05) is 0 Å². The van der Waals surface area contributed by atoms with E-state index in [1.54, 1.807) is 0 Å². The highest BCUT2D eigenvalue weighted by Gasteiger charge is 2.51. The fourth-order valence-electron chi connectivity index (χ4n) is 5.61. The highest BCUT2D eigenvalue weighted by molar-refractivity contribution is 6.31. The number of halogens is 7. The van der Waals surface area contributed by atoms with Crippen molar-refractivity contribution in [2.75, 3.05) is 13.7 Å². The minimum Gasteiger partial charge on any atom is -0.461 e. The summed E-state index contributed by atoms with van der Waals surface area (Å²) in [4.78, 5) is 17.3. The summed E-state index contributed by atoms with van der Waals surface area (Å²) in [7, 11) is 1.25. The van der Waals surface area contributed by atoms with Gasteiger partial charge in [0.2, 0.25) is 0 Å². The lowest BCUT2D eigenvalue weighted by atomic mass is 9.89. The largest absolute Gasteiger partial charge is 0.461 e. The van der Waals surface area contributed by atoms with E-state index in [2.05, 4.69) is 15.2 Å². The van der Waals surface area contributed by atoms with Crippen LogP contribution in [0.25, 0.3) is 16.8 Å². The summed E-state index contributed by atoms with van der Waals surface area (Å²) in [5, 5.41) is 30.3. The molecule has 0 amide bonds. The van der Waals surface area contributed by atoms with E-state index in [9.17, 15) is 37.0 Å². The van der Waals surface area contributed by atoms with Crippen LogP contribution >= 0.6 is 23.2 Å². The molecule has 258 valence electrons. The number of aliphatic hydroxyl groups excluding tert-OH is 2. The second kappa shape index (κ2) is 13.7. The summed E-state index contributed by atoms with van der Waals surface area (Å²) in [6.45, 7) is 4.21. The molecule has 4 unspecified atom stereocenters. The number of hydrogen-bond acceptors (Lipinski definition) is 9.